The Bertz CT molecular complexity index is 668. The zero-order valence-corrected chi connectivity index (χ0v) is 12.5. The Hall–Kier alpha value is -1.86. The van der Waals surface area contributed by atoms with Crippen molar-refractivity contribution in [2.45, 2.75) is 30.2 Å². The number of sulfonamides is 1. The molecule has 0 heterocycles. The van der Waals surface area contributed by atoms with Crippen LogP contribution in [0.5, 0.6) is 0 Å². The zero-order valence-electron chi connectivity index (χ0n) is 11.7. The summed E-state index contributed by atoms with van der Waals surface area (Å²) in [4.78, 5) is 11.4. The van der Waals surface area contributed by atoms with Gasteiger partial charge in [-0.3, -0.25) is 0 Å². The number of benzene rings is 1. The fraction of sp³-hybridized carbons (Fsp3) is 0.357. The Balaban J connectivity index is 2.23. The third-order valence-electron chi connectivity index (χ3n) is 3.31. The lowest BCUT2D eigenvalue weighted by Crippen LogP contribution is -2.35. The highest BCUT2D eigenvalue weighted by molar-refractivity contribution is 7.89. The van der Waals surface area contributed by atoms with Gasteiger partial charge in [-0.05, 0) is 37.5 Å². The van der Waals surface area contributed by atoms with E-state index in [9.17, 15) is 13.2 Å². The van der Waals surface area contributed by atoms with E-state index in [1.165, 1.54) is 25.3 Å². The summed E-state index contributed by atoms with van der Waals surface area (Å²) in [5.41, 5.74) is 6.01. The maximum Gasteiger partial charge on any atom is 0.337 e. The summed E-state index contributed by atoms with van der Waals surface area (Å²) in [6.07, 6.45) is 6.27. The summed E-state index contributed by atoms with van der Waals surface area (Å²) in [5, 5.41) is 0. The molecule has 0 aromatic heterocycles. The van der Waals surface area contributed by atoms with Gasteiger partial charge < -0.3 is 10.5 Å². The Kier molecular flexibility index (Phi) is 4.64. The average Bonchev–Trinajstić information content (AvgIpc) is 2.46. The molecular formula is C14H18N2O4S. The van der Waals surface area contributed by atoms with E-state index in [0.717, 1.165) is 12.8 Å². The van der Waals surface area contributed by atoms with Crippen LogP contribution in [0, 0.1) is 0 Å². The van der Waals surface area contributed by atoms with E-state index in [2.05, 4.69) is 9.46 Å². The SMILES string of the molecule is COC(=O)c1ccc(S(=O)(=O)NC2CC=CCC2)c(N)c1. The number of allylic oxidation sites excluding steroid dienone is 1. The van der Waals surface area contributed by atoms with E-state index >= 15 is 0 Å². The van der Waals surface area contributed by atoms with Gasteiger partial charge in [0.05, 0.1) is 18.4 Å². The van der Waals surface area contributed by atoms with Gasteiger partial charge in [-0.2, -0.15) is 0 Å². The second kappa shape index (κ2) is 6.28. The lowest BCUT2D eigenvalue weighted by atomic mass is 10.0. The molecule has 1 atom stereocenters. The summed E-state index contributed by atoms with van der Waals surface area (Å²) < 4.78 is 31.9. The van der Waals surface area contributed by atoms with Crippen molar-refractivity contribution in [3.63, 3.8) is 0 Å². The van der Waals surface area contributed by atoms with Gasteiger partial charge in [-0.25, -0.2) is 17.9 Å². The van der Waals surface area contributed by atoms with E-state index in [1.54, 1.807) is 0 Å². The Morgan fingerprint density at radius 2 is 2.14 bits per heavy atom. The molecule has 114 valence electrons. The number of carbonyl (C=O) groups is 1. The van der Waals surface area contributed by atoms with Crippen LogP contribution in [0.25, 0.3) is 0 Å². The van der Waals surface area contributed by atoms with Gasteiger partial charge >= 0.3 is 5.97 Å². The van der Waals surface area contributed by atoms with E-state index in [-0.39, 0.29) is 22.2 Å². The lowest BCUT2D eigenvalue weighted by molar-refractivity contribution is 0.0600. The summed E-state index contributed by atoms with van der Waals surface area (Å²) in [6.45, 7) is 0. The highest BCUT2D eigenvalue weighted by Gasteiger charge is 2.23. The summed E-state index contributed by atoms with van der Waals surface area (Å²) in [5.74, 6) is -0.559. The van der Waals surface area contributed by atoms with Crippen molar-refractivity contribution in [3.05, 3.63) is 35.9 Å². The number of esters is 1. The molecule has 2 rings (SSSR count). The minimum atomic E-state index is -3.70. The molecular weight excluding hydrogens is 292 g/mol. The Morgan fingerprint density at radius 1 is 1.38 bits per heavy atom. The largest absolute Gasteiger partial charge is 0.465 e. The van der Waals surface area contributed by atoms with Crippen molar-refractivity contribution in [1.29, 1.82) is 0 Å². The van der Waals surface area contributed by atoms with Crippen molar-refractivity contribution in [2.24, 2.45) is 0 Å². The van der Waals surface area contributed by atoms with Crippen LogP contribution >= 0.6 is 0 Å². The van der Waals surface area contributed by atoms with Crippen molar-refractivity contribution >= 4 is 21.7 Å². The number of carbonyl (C=O) groups excluding carboxylic acids is 1. The molecule has 0 saturated carbocycles. The quantitative estimate of drug-likeness (QED) is 0.498. The number of anilines is 1. The number of hydrogen-bond acceptors (Lipinski definition) is 5. The molecule has 0 amide bonds. The minimum absolute atomic E-state index is 0.0234. The van der Waals surface area contributed by atoms with Gasteiger partial charge in [-0.1, -0.05) is 12.2 Å². The monoisotopic (exact) mass is 310 g/mol. The molecule has 6 nitrogen and oxygen atoms in total. The maximum absolute atomic E-state index is 12.3. The van der Waals surface area contributed by atoms with Gasteiger partial charge in [0, 0.05) is 6.04 Å². The normalized spacial score (nSPS) is 18.4. The van der Waals surface area contributed by atoms with Crippen LogP contribution in [0.15, 0.2) is 35.2 Å². The number of ether oxygens (including phenoxy) is 1. The molecule has 21 heavy (non-hydrogen) atoms. The number of nitrogens with two attached hydrogens (primary N) is 1. The van der Waals surface area contributed by atoms with Crippen molar-refractivity contribution < 1.29 is 17.9 Å². The van der Waals surface area contributed by atoms with Crippen LogP contribution in [0.3, 0.4) is 0 Å². The molecule has 1 unspecified atom stereocenters. The maximum atomic E-state index is 12.3. The van der Waals surface area contributed by atoms with Gasteiger partial charge in [0.1, 0.15) is 4.90 Å². The molecule has 1 aromatic carbocycles. The predicted octanol–water partition coefficient (Wildman–Crippen LogP) is 1.44. The number of rotatable bonds is 4. The molecule has 0 spiro atoms. The molecule has 0 fully saturated rings. The lowest BCUT2D eigenvalue weighted by Gasteiger charge is -2.20. The highest BCUT2D eigenvalue weighted by Crippen LogP contribution is 2.22. The zero-order chi connectivity index (χ0) is 15.5. The standard InChI is InChI=1S/C14H18N2O4S/c1-20-14(17)10-7-8-13(12(15)9-10)21(18,19)16-11-5-3-2-4-6-11/h2-3,7-9,11,16H,4-6,15H2,1H3. The summed E-state index contributed by atoms with van der Waals surface area (Å²) in [7, 11) is -2.45. The molecule has 0 radical (unpaired) electrons. The first-order chi connectivity index (χ1) is 9.94. The first-order valence-electron chi connectivity index (χ1n) is 6.59. The molecule has 1 aliphatic carbocycles. The predicted molar refractivity (Wildman–Crippen MR) is 79.3 cm³/mol. The van der Waals surface area contributed by atoms with Crippen LogP contribution in [0.2, 0.25) is 0 Å². The number of nitrogen functional groups attached to an aromatic ring is 1. The smallest absolute Gasteiger partial charge is 0.337 e. The first-order valence-corrected chi connectivity index (χ1v) is 8.07. The van der Waals surface area contributed by atoms with Crippen LogP contribution in [-0.2, 0) is 14.8 Å². The van der Waals surface area contributed by atoms with E-state index < -0.39 is 16.0 Å². The number of hydrogen-bond donors (Lipinski definition) is 2. The van der Waals surface area contributed by atoms with Gasteiger partial charge in [0.25, 0.3) is 0 Å². The molecule has 1 aromatic rings. The highest BCUT2D eigenvalue weighted by atomic mass is 32.2. The topological polar surface area (TPSA) is 98.5 Å². The fourth-order valence-corrected chi connectivity index (χ4v) is 3.62. The summed E-state index contributed by atoms with van der Waals surface area (Å²) in [6, 6.07) is 3.89. The van der Waals surface area contributed by atoms with E-state index in [0.29, 0.717) is 6.42 Å². The van der Waals surface area contributed by atoms with Gasteiger partial charge in [0.2, 0.25) is 10.0 Å². The van der Waals surface area contributed by atoms with Crippen LogP contribution in [-0.4, -0.2) is 27.5 Å². The third-order valence-corrected chi connectivity index (χ3v) is 4.91. The second-order valence-electron chi connectivity index (χ2n) is 4.85. The summed E-state index contributed by atoms with van der Waals surface area (Å²) >= 11 is 0. The molecule has 0 bridgehead atoms. The van der Waals surface area contributed by atoms with Crippen molar-refractivity contribution in [3.8, 4) is 0 Å². The van der Waals surface area contributed by atoms with Crippen LogP contribution < -0.4 is 10.5 Å². The van der Waals surface area contributed by atoms with E-state index in [1.807, 2.05) is 12.2 Å². The van der Waals surface area contributed by atoms with Crippen molar-refractivity contribution in [2.75, 3.05) is 12.8 Å². The van der Waals surface area contributed by atoms with Crippen LogP contribution in [0.1, 0.15) is 29.6 Å². The molecule has 3 N–H and O–H groups in total. The Labute approximate surface area is 124 Å². The third kappa shape index (κ3) is 3.62. The van der Waals surface area contributed by atoms with Gasteiger partial charge in [0.15, 0.2) is 0 Å². The fourth-order valence-electron chi connectivity index (χ4n) is 2.22. The molecule has 0 saturated heterocycles. The number of nitrogens with one attached hydrogen (secondary N) is 1. The van der Waals surface area contributed by atoms with Crippen molar-refractivity contribution in [1.82, 2.24) is 4.72 Å². The van der Waals surface area contributed by atoms with E-state index in [4.69, 9.17) is 5.73 Å². The average molecular weight is 310 g/mol. The Morgan fingerprint density at radius 3 is 2.71 bits per heavy atom. The molecule has 7 heteroatoms. The van der Waals surface area contributed by atoms with Gasteiger partial charge in [-0.15, -0.1) is 0 Å². The van der Waals surface area contributed by atoms with Crippen LogP contribution in [0.4, 0.5) is 5.69 Å². The molecule has 1 aliphatic rings. The number of methoxy groups -OCH3 is 1. The molecule has 0 aliphatic heterocycles. The second-order valence-corrected chi connectivity index (χ2v) is 6.53. The minimum Gasteiger partial charge on any atom is -0.465 e. The first kappa shape index (κ1) is 15.5.